The van der Waals surface area contributed by atoms with E-state index in [1.165, 1.54) is 17.0 Å². The second-order valence-corrected chi connectivity index (χ2v) is 5.77. The second-order valence-electron chi connectivity index (χ2n) is 3.88. The van der Waals surface area contributed by atoms with Crippen molar-refractivity contribution in [2.45, 2.75) is 4.90 Å². The molecule has 0 unspecified atom stereocenters. The Morgan fingerprint density at radius 3 is 2.37 bits per heavy atom. The topological polar surface area (TPSA) is 63.7 Å². The lowest BCUT2D eigenvalue weighted by Crippen LogP contribution is -2.19. The predicted octanol–water partition coefficient (Wildman–Crippen LogP) is 1.18. The van der Waals surface area contributed by atoms with Crippen LogP contribution >= 0.6 is 0 Å². The highest BCUT2D eigenvalue weighted by Gasteiger charge is 2.30. The molecular weight excluding hydrogens is 273 g/mol. The van der Waals surface area contributed by atoms with Crippen molar-refractivity contribution in [2.24, 2.45) is 0 Å². The number of benzene rings is 1. The minimum atomic E-state index is -4.27. The number of methoxy groups -OCH3 is 1. The van der Waals surface area contributed by atoms with Gasteiger partial charge < -0.3 is 9.64 Å². The van der Waals surface area contributed by atoms with E-state index < -0.39 is 31.4 Å². The zero-order chi connectivity index (χ0) is 14.6. The van der Waals surface area contributed by atoms with Gasteiger partial charge in [-0.15, -0.1) is 0 Å². The Bertz CT molecular complexity index is 608. The fourth-order valence-electron chi connectivity index (χ4n) is 1.35. The van der Waals surface area contributed by atoms with Gasteiger partial charge in [-0.2, -0.15) is 0 Å². The van der Waals surface area contributed by atoms with Crippen LogP contribution in [0.2, 0.25) is 0 Å². The normalized spacial score (nSPS) is 12.1. The summed E-state index contributed by atoms with van der Waals surface area (Å²) < 4.78 is 42.5. The summed E-state index contributed by atoms with van der Waals surface area (Å²) in [6, 6.07) is 4.84. The Balaban J connectivity index is 3.46. The van der Waals surface area contributed by atoms with Crippen LogP contribution in [0.15, 0.2) is 40.3 Å². The average molecular weight is 287 g/mol. The molecule has 0 aliphatic rings. The molecule has 0 amide bonds. The van der Waals surface area contributed by atoms with Crippen LogP contribution < -0.4 is 0 Å². The van der Waals surface area contributed by atoms with Crippen molar-refractivity contribution in [1.29, 1.82) is 0 Å². The lowest BCUT2D eigenvalue weighted by atomic mass is 10.3. The van der Waals surface area contributed by atoms with Crippen LogP contribution in [0.25, 0.3) is 0 Å². The van der Waals surface area contributed by atoms with Crippen molar-refractivity contribution < 1.29 is 22.3 Å². The molecule has 0 aliphatic heterocycles. The summed E-state index contributed by atoms with van der Waals surface area (Å²) >= 11 is 0. The van der Waals surface area contributed by atoms with Crippen molar-refractivity contribution in [3.05, 3.63) is 41.2 Å². The van der Waals surface area contributed by atoms with E-state index in [9.17, 15) is 17.6 Å². The Hall–Kier alpha value is -1.89. The van der Waals surface area contributed by atoms with Gasteiger partial charge in [-0.25, -0.2) is 17.6 Å². The minimum absolute atomic E-state index is 0.562. The van der Waals surface area contributed by atoms with Crippen LogP contribution in [0.5, 0.6) is 0 Å². The highest BCUT2D eigenvalue weighted by Crippen LogP contribution is 2.23. The number of hydrogen-bond acceptors (Lipinski definition) is 5. The van der Waals surface area contributed by atoms with Crippen LogP contribution in [-0.4, -0.2) is 40.5 Å². The molecule has 0 spiro atoms. The van der Waals surface area contributed by atoms with Gasteiger partial charge in [0.15, 0.2) is 4.91 Å². The molecule has 0 bridgehead atoms. The first-order valence-corrected chi connectivity index (χ1v) is 6.75. The summed E-state index contributed by atoms with van der Waals surface area (Å²) in [5, 5.41) is 0. The highest BCUT2D eigenvalue weighted by molar-refractivity contribution is 7.96. The van der Waals surface area contributed by atoms with Crippen LogP contribution in [-0.2, 0) is 19.4 Å². The molecule has 104 valence electrons. The van der Waals surface area contributed by atoms with Gasteiger partial charge in [0.1, 0.15) is 10.7 Å². The highest BCUT2D eigenvalue weighted by atomic mass is 32.2. The van der Waals surface area contributed by atoms with Gasteiger partial charge in [-0.3, -0.25) is 0 Å². The quantitative estimate of drug-likeness (QED) is 0.614. The van der Waals surface area contributed by atoms with Crippen molar-refractivity contribution in [1.82, 2.24) is 4.90 Å². The first kappa shape index (κ1) is 15.2. The number of nitrogens with zero attached hydrogens (tertiary/aromatic N) is 1. The summed E-state index contributed by atoms with van der Waals surface area (Å²) in [5.74, 6) is -1.96. The van der Waals surface area contributed by atoms with E-state index in [0.717, 1.165) is 25.4 Å². The largest absolute Gasteiger partial charge is 0.465 e. The van der Waals surface area contributed by atoms with E-state index in [-0.39, 0.29) is 0 Å². The van der Waals surface area contributed by atoms with Crippen LogP contribution in [0, 0.1) is 5.82 Å². The van der Waals surface area contributed by atoms with E-state index in [4.69, 9.17) is 0 Å². The Morgan fingerprint density at radius 1 is 1.32 bits per heavy atom. The fraction of sp³-hybridized carbons (Fsp3) is 0.250. The lowest BCUT2D eigenvalue weighted by molar-refractivity contribution is -0.135. The number of rotatable bonds is 4. The van der Waals surface area contributed by atoms with Crippen LogP contribution in [0.1, 0.15) is 0 Å². The second kappa shape index (κ2) is 5.83. The number of halogens is 1. The zero-order valence-electron chi connectivity index (χ0n) is 10.8. The summed E-state index contributed by atoms with van der Waals surface area (Å²) in [4.78, 5) is 11.7. The smallest absolute Gasteiger partial charge is 0.351 e. The molecule has 0 atom stereocenters. The third-order valence-corrected chi connectivity index (χ3v) is 3.94. The molecule has 5 nitrogen and oxygen atoms in total. The maximum atomic E-state index is 13.6. The fourth-order valence-corrected chi connectivity index (χ4v) is 2.82. The molecular formula is C12H14FNO4S. The lowest BCUT2D eigenvalue weighted by Gasteiger charge is -2.11. The Labute approximate surface area is 111 Å². The van der Waals surface area contributed by atoms with E-state index in [1.54, 1.807) is 14.1 Å². The SMILES string of the molecule is COC(=O)/C(=C\N(C)C)S(=O)(=O)c1ccccc1F. The zero-order valence-corrected chi connectivity index (χ0v) is 11.6. The van der Waals surface area contributed by atoms with Gasteiger partial charge in [0.05, 0.1) is 7.11 Å². The van der Waals surface area contributed by atoms with Gasteiger partial charge in [-0.1, -0.05) is 12.1 Å². The molecule has 0 aliphatic carbocycles. The third kappa shape index (κ3) is 3.31. The monoisotopic (exact) mass is 287 g/mol. The molecule has 19 heavy (non-hydrogen) atoms. The van der Waals surface area contributed by atoms with E-state index in [1.807, 2.05) is 0 Å². The number of ether oxygens (including phenoxy) is 1. The molecule has 0 fully saturated rings. The molecule has 0 saturated heterocycles. The summed E-state index contributed by atoms with van der Waals surface area (Å²) in [6.07, 6.45) is 1.08. The minimum Gasteiger partial charge on any atom is -0.465 e. The van der Waals surface area contributed by atoms with Gasteiger partial charge in [0.2, 0.25) is 9.84 Å². The number of hydrogen-bond donors (Lipinski definition) is 0. The van der Waals surface area contributed by atoms with Crippen LogP contribution in [0.4, 0.5) is 4.39 Å². The Morgan fingerprint density at radius 2 is 1.89 bits per heavy atom. The van der Waals surface area contributed by atoms with Crippen molar-refractivity contribution in [3.8, 4) is 0 Å². The first-order chi connectivity index (χ1) is 8.80. The third-order valence-electron chi connectivity index (χ3n) is 2.18. The molecule has 0 radical (unpaired) electrons. The van der Waals surface area contributed by atoms with E-state index in [0.29, 0.717) is 0 Å². The molecule has 1 aromatic carbocycles. The van der Waals surface area contributed by atoms with Crippen molar-refractivity contribution >= 4 is 15.8 Å². The first-order valence-electron chi connectivity index (χ1n) is 5.27. The molecule has 0 N–H and O–H groups in total. The van der Waals surface area contributed by atoms with Gasteiger partial charge in [0, 0.05) is 20.3 Å². The number of carbonyl (C=O) groups is 1. The van der Waals surface area contributed by atoms with Crippen molar-refractivity contribution in [3.63, 3.8) is 0 Å². The number of sulfone groups is 1. The molecule has 0 aromatic heterocycles. The molecule has 0 heterocycles. The summed E-state index contributed by atoms with van der Waals surface area (Å²) in [6.45, 7) is 0. The number of carbonyl (C=O) groups excluding carboxylic acids is 1. The van der Waals surface area contributed by atoms with Gasteiger partial charge >= 0.3 is 5.97 Å². The van der Waals surface area contributed by atoms with Crippen molar-refractivity contribution in [2.75, 3.05) is 21.2 Å². The predicted molar refractivity (Wildman–Crippen MR) is 67.4 cm³/mol. The standard InChI is InChI=1S/C12H14FNO4S/c1-14(2)8-11(12(15)18-3)19(16,17)10-7-5-4-6-9(10)13/h4-8H,1-3H3/b11-8+. The summed E-state index contributed by atoms with van der Waals surface area (Å²) in [7, 11) is -0.127. The van der Waals surface area contributed by atoms with Gasteiger partial charge in [0.25, 0.3) is 0 Å². The molecule has 7 heteroatoms. The molecule has 0 saturated carbocycles. The maximum Gasteiger partial charge on any atom is 0.351 e. The van der Waals surface area contributed by atoms with Gasteiger partial charge in [-0.05, 0) is 12.1 Å². The van der Waals surface area contributed by atoms with E-state index in [2.05, 4.69) is 4.74 Å². The summed E-state index contributed by atoms with van der Waals surface area (Å²) in [5.41, 5.74) is 0. The maximum absolute atomic E-state index is 13.6. The average Bonchev–Trinajstić information content (AvgIpc) is 2.35. The molecule has 1 rings (SSSR count). The molecule has 1 aromatic rings. The van der Waals surface area contributed by atoms with E-state index >= 15 is 0 Å². The Kier molecular flexibility index (Phi) is 4.66. The number of esters is 1. The van der Waals surface area contributed by atoms with Crippen LogP contribution in [0.3, 0.4) is 0 Å².